The van der Waals surface area contributed by atoms with E-state index in [1.54, 1.807) is 6.26 Å². The van der Waals surface area contributed by atoms with Gasteiger partial charge in [0.2, 0.25) is 0 Å². The molecule has 0 spiro atoms. The molecule has 0 fully saturated rings. The number of phosphoric acid groups is 1. The minimum Gasteiger partial charge on any atom is -0.756 e. The number of carbonyl (C=O) groups excluding carboxylic acids is 1. The summed E-state index contributed by atoms with van der Waals surface area (Å²) in [5.41, 5.74) is 0. The monoisotopic (exact) mass is 718 g/mol. The Labute approximate surface area is 303 Å². The Kier molecular flexibility index (Phi) is 33.5. The van der Waals surface area contributed by atoms with E-state index in [4.69, 9.17) is 18.5 Å². The highest BCUT2D eigenvalue weighted by Crippen LogP contribution is 2.38. The van der Waals surface area contributed by atoms with Gasteiger partial charge in [0.25, 0.3) is 7.82 Å². The lowest BCUT2D eigenvalue weighted by atomic mass is 10.0. The molecule has 0 N–H and O–H groups in total. The minimum absolute atomic E-state index is 0.0200. The molecule has 0 bridgehead atoms. The number of allylic oxidation sites excluding steroid dienone is 1. The fraction of sp³-hybridized carbons (Fsp3) is 0.925. The van der Waals surface area contributed by atoms with Crippen molar-refractivity contribution in [1.29, 1.82) is 0 Å². The summed E-state index contributed by atoms with van der Waals surface area (Å²) in [4.78, 5) is 24.9. The summed E-state index contributed by atoms with van der Waals surface area (Å²) in [6, 6.07) is 0. The number of quaternary nitrogens is 1. The molecule has 0 heterocycles. The van der Waals surface area contributed by atoms with Crippen molar-refractivity contribution in [3.63, 3.8) is 0 Å². The molecule has 0 saturated carbocycles. The van der Waals surface area contributed by atoms with Gasteiger partial charge in [0.1, 0.15) is 19.8 Å². The van der Waals surface area contributed by atoms with Crippen LogP contribution in [-0.2, 0) is 27.9 Å². The molecular formula is C40H80NO7P. The second kappa shape index (κ2) is 34.2. The lowest BCUT2D eigenvalue weighted by Gasteiger charge is -2.28. The minimum atomic E-state index is -4.53. The number of phosphoric ester groups is 1. The summed E-state index contributed by atoms with van der Waals surface area (Å²) in [5.74, 6) is -0.354. The smallest absolute Gasteiger partial charge is 0.306 e. The molecule has 0 aliphatic heterocycles. The van der Waals surface area contributed by atoms with Gasteiger partial charge in [0.15, 0.2) is 6.10 Å². The quantitative estimate of drug-likeness (QED) is 0.0206. The van der Waals surface area contributed by atoms with Crippen LogP contribution >= 0.6 is 7.82 Å². The maximum absolute atomic E-state index is 12.6. The molecule has 0 aliphatic rings. The highest BCUT2D eigenvalue weighted by Gasteiger charge is 2.20. The van der Waals surface area contributed by atoms with E-state index in [0.717, 1.165) is 32.1 Å². The van der Waals surface area contributed by atoms with Gasteiger partial charge in [-0.3, -0.25) is 9.36 Å². The lowest BCUT2D eigenvalue weighted by Crippen LogP contribution is -2.37. The second-order valence-electron chi connectivity index (χ2n) is 15.1. The van der Waals surface area contributed by atoms with Gasteiger partial charge in [-0.15, -0.1) is 0 Å². The average Bonchev–Trinajstić information content (AvgIpc) is 3.04. The topological polar surface area (TPSA) is 94.1 Å². The van der Waals surface area contributed by atoms with Crippen molar-refractivity contribution >= 4 is 13.8 Å². The van der Waals surface area contributed by atoms with Crippen LogP contribution in [0.25, 0.3) is 0 Å². The molecule has 292 valence electrons. The first-order valence-corrected chi connectivity index (χ1v) is 21.9. The first kappa shape index (κ1) is 48.1. The molecule has 49 heavy (non-hydrogen) atoms. The third-order valence-electron chi connectivity index (χ3n) is 8.91. The van der Waals surface area contributed by atoms with E-state index in [1.165, 1.54) is 135 Å². The van der Waals surface area contributed by atoms with Gasteiger partial charge in [-0.2, -0.15) is 0 Å². The number of carbonyl (C=O) groups is 1. The Hall–Kier alpha value is -0.920. The van der Waals surface area contributed by atoms with E-state index in [2.05, 4.69) is 13.8 Å². The average molecular weight is 718 g/mol. The zero-order valence-corrected chi connectivity index (χ0v) is 33.8. The van der Waals surface area contributed by atoms with Gasteiger partial charge >= 0.3 is 5.97 Å². The van der Waals surface area contributed by atoms with E-state index in [1.807, 2.05) is 27.2 Å². The van der Waals surface area contributed by atoms with Gasteiger partial charge in [-0.1, -0.05) is 162 Å². The van der Waals surface area contributed by atoms with Gasteiger partial charge in [0.05, 0.1) is 34.0 Å². The fourth-order valence-electron chi connectivity index (χ4n) is 5.69. The van der Waals surface area contributed by atoms with E-state index in [-0.39, 0.29) is 25.8 Å². The third-order valence-corrected chi connectivity index (χ3v) is 9.88. The van der Waals surface area contributed by atoms with Crippen LogP contribution in [0.15, 0.2) is 12.3 Å². The number of rotatable bonds is 38. The van der Waals surface area contributed by atoms with Crippen LogP contribution < -0.4 is 4.89 Å². The number of esters is 1. The number of hydrogen-bond donors (Lipinski definition) is 0. The molecule has 2 atom stereocenters. The predicted octanol–water partition coefficient (Wildman–Crippen LogP) is 11.2. The van der Waals surface area contributed by atoms with E-state index in [9.17, 15) is 14.3 Å². The first-order valence-electron chi connectivity index (χ1n) is 20.5. The van der Waals surface area contributed by atoms with Crippen LogP contribution in [0.4, 0.5) is 0 Å². The Morgan fingerprint density at radius 1 is 0.633 bits per heavy atom. The van der Waals surface area contributed by atoms with Crippen molar-refractivity contribution in [2.45, 2.75) is 193 Å². The summed E-state index contributed by atoms with van der Waals surface area (Å²) < 4.78 is 34.2. The van der Waals surface area contributed by atoms with Crippen molar-refractivity contribution in [2.24, 2.45) is 0 Å². The Morgan fingerprint density at radius 3 is 1.51 bits per heavy atom. The molecule has 1 unspecified atom stereocenters. The molecule has 0 aromatic rings. The van der Waals surface area contributed by atoms with Crippen molar-refractivity contribution in [3.05, 3.63) is 12.3 Å². The Bertz CT molecular complexity index is 802. The van der Waals surface area contributed by atoms with Crippen LogP contribution in [0.3, 0.4) is 0 Å². The SMILES string of the molecule is CCCCCCCCCCCCCC/C=C/OC[C@H](COP(=O)([O-])OCC[N+](C)(C)C)OC(=O)CCCCCCCCCCCCCCC. The Morgan fingerprint density at radius 2 is 1.06 bits per heavy atom. The first-order chi connectivity index (χ1) is 23.6. The normalized spacial score (nSPS) is 13.9. The summed E-state index contributed by atoms with van der Waals surface area (Å²) in [6.45, 7) is 4.75. The summed E-state index contributed by atoms with van der Waals surface area (Å²) in [5, 5.41) is 0. The number of hydrogen-bond acceptors (Lipinski definition) is 7. The third kappa shape index (κ3) is 38.1. The fourth-order valence-corrected chi connectivity index (χ4v) is 6.42. The molecule has 0 amide bonds. The van der Waals surface area contributed by atoms with Crippen molar-refractivity contribution in [1.82, 2.24) is 0 Å². The van der Waals surface area contributed by atoms with E-state index in [0.29, 0.717) is 17.4 Å². The van der Waals surface area contributed by atoms with E-state index >= 15 is 0 Å². The highest BCUT2D eigenvalue weighted by molar-refractivity contribution is 7.45. The number of nitrogens with zero attached hydrogens (tertiary/aromatic N) is 1. The molecule has 0 aromatic heterocycles. The van der Waals surface area contributed by atoms with Crippen LogP contribution in [0.5, 0.6) is 0 Å². The Balaban J connectivity index is 4.31. The molecule has 0 aliphatic carbocycles. The van der Waals surface area contributed by atoms with Gasteiger partial charge < -0.3 is 27.9 Å². The standard InChI is InChI=1S/C40H80NO7P/c1-6-8-10-12-14-16-18-20-22-24-26-28-30-32-35-45-37-39(38-47-49(43,44)46-36-34-41(3,4)5)48-40(42)33-31-29-27-25-23-21-19-17-15-13-11-9-7-2/h32,35,39H,6-31,33-34,36-38H2,1-5H3/b35-32+/t39-/m1/s1. The second-order valence-corrected chi connectivity index (χ2v) is 16.5. The maximum Gasteiger partial charge on any atom is 0.306 e. The number of likely N-dealkylation sites (N-methyl/N-ethyl adjacent to an activating group) is 1. The summed E-state index contributed by atoms with van der Waals surface area (Å²) >= 11 is 0. The van der Waals surface area contributed by atoms with E-state index < -0.39 is 13.9 Å². The number of unbranched alkanes of at least 4 members (excludes halogenated alkanes) is 24. The van der Waals surface area contributed by atoms with Crippen molar-refractivity contribution in [2.75, 3.05) is 47.5 Å². The molecule has 8 nitrogen and oxygen atoms in total. The lowest BCUT2D eigenvalue weighted by molar-refractivity contribution is -0.870. The zero-order valence-electron chi connectivity index (χ0n) is 32.9. The summed E-state index contributed by atoms with van der Waals surface area (Å²) in [7, 11) is 1.33. The molecular weight excluding hydrogens is 637 g/mol. The van der Waals surface area contributed by atoms with Crippen LogP contribution in [0.2, 0.25) is 0 Å². The van der Waals surface area contributed by atoms with Crippen LogP contribution in [-0.4, -0.2) is 64.1 Å². The van der Waals surface area contributed by atoms with Gasteiger partial charge in [0, 0.05) is 6.42 Å². The molecule has 0 radical (unpaired) electrons. The van der Waals surface area contributed by atoms with Gasteiger partial charge in [-0.25, -0.2) is 0 Å². The predicted molar refractivity (Wildman–Crippen MR) is 203 cm³/mol. The van der Waals surface area contributed by atoms with Crippen LogP contribution in [0, 0.1) is 0 Å². The maximum atomic E-state index is 12.6. The van der Waals surface area contributed by atoms with Gasteiger partial charge in [-0.05, 0) is 25.3 Å². The molecule has 0 rings (SSSR count). The molecule has 0 aromatic carbocycles. The largest absolute Gasteiger partial charge is 0.756 e. The highest BCUT2D eigenvalue weighted by atomic mass is 31.2. The number of ether oxygens (including phenoxy) is 2. The summed E-state index contributed by atoms with van der Waals surface area (Å²) in [6.07, 6.45) is 35.9. The van der Waals surface area contributed by atoms with Crippen molar-refractivity contribution in [3.8, 4) is 0 Å². The van der Waals surface area contributed by atoms with Crippen molar-refractivity contribution < 1.29 is 37.3 Å². The molecule has 9 heteroatoms. The zero-order chi connectivity index (χ0) is 36.3. The molecule has 0 saturated heterocycles. The van der Waals surface area contributed by atoms with Crippen LogP contribution in [0.1, 0.15) is 187 Å².